The number of fused-ring (bicyclic) bond motifs is 3. The Morgan fingerprint density at radius 2 is 1.89 bits per heavy atom. The summed E-state index contributed by atoms with van der Waals surface area (Å²) < 4.78 is 13.5. The summed E-state index contributed by atoms with van der Waals surface area (Å²) in [6.45, 7) is 3.99. The standard InChI is InChI=1S/C27H32N4O5/c1-16-7-12-20-21(30(16)27(34)35-3)13-14-22-24(20)29-25(17(2)36-23-6-4-5-15-28-23)31(22)19-10-8-18(9-11-19)26(32)33/h4-6,13-19H,7-12H2,1-3H3,(H,32,33)/t16?,17-,18?,19?/m0/s1. The molecule has 1 N–H and O–H groups in total. The number of aryl methyl sites for hydroxylation is 1. The van der Waals surface area contributed by atoms with Gasteiger partial charge in [0.1, 0.15) is 0 Å². The summed E-state index contributed by atoms with van der Waals surface area (Å²) in [5.41, 5.74) is 3.70. The van der Waals surface area contributed by atoms with Gasteiger partial charge in [0.15, 0.2) is 11.9 Å². The van der Waals surface area contributed by atoms with E-state index in [4.69, 9.17) is 14.5 Å². The third-order valence-electron chi connectivity index (χ3n) is 7.56. The van der Waals surface area contributed by atoms with Gasteiger partial charge in [-0.1, -0.05) is 6.07 Å². The molecule has 0 radical (unpaired) electrons. The average Bonchev–Trinajstić information content (AvgIpc) is 3.29. The zero-order valence-corrected chi connectivity index (χ0v) is 20.9. The number of methoxy groups -OCH3 is 1. The first-order valence-corrected chi connectivity index (χ1v) is 12.6. The Labute approximate surface area is 210 Å². The molecule has 0 spiro atoms. The number of carbonyl (C=O) groups is 2. The highest BCUT2D eigenvalue weighted by Gasteiger charge is 2.34. The van der Waals surface area contributed by atoms with Gasteiger partial charge in [0.2, 0.25) is 5.88 Å². The molecule has 2 atom stereocenters. The fourth-order valence-electron chi connectivity index (χ4n) is 5.69. The van der Waals surface area contributed by atoms with E-state index in [-0.39, 0.29) is 30.2 Å². The van der Waals surface area contributed by atoms with Crippen LogP contribution in [0.5, 0.6) is 5.88 Å². The quantitative estimate of drug-likeness (QED) is 0.515. The second-order valence-electron chi connectivity index (χ2n) is 9.77. The number of carboxylic acid groups (broad SMARTS) is 1. The maximum Gasteiger partial charge on any atom is 0.414 e. The average molecular weight is 493 g/mol. The van der Waals surface area contributed by atoms with Crippen molar-refractivity contribution in [3.63, 3.8) is 0 Å². The van der Waals surface area contributed by atoms with Crippen LogP contribution in [0, 0.1) is 5.92 Å². The first kappa shape index (κ1) is 24.1. The topological polar surface area (TPSA) is 107 Å². The molecular formula is C27H32N4O5. The van der Waals surface area contributed by atoms with Crippen molar-refractivity contribution in [2.45, 2.75) is 70.6 Å². The van der Waals surface area contributed by atoms with Gasteiger partial charge in [-0.15, -0.1) is 0 Å². The maximum atomic E-state index is 12.6. The van der Waals surface area contributed by atoms with Crippen LogP contribution in [-0.4, -0.2) is 44.9 Å². The third-order valence-corrected chi connectivity index (χ3v) is 7.56. The van der Waals surface area contributed by atoms with E-state index in [1.165, 1.54) is 7.11 Å². The first-order chi connectivity index (χ1) is 17.4. The molecular weight excluding hydrogens is 460 g/mol. The van der Waals surface area contributed by atoms with Gasteiger partial charge >= 0.3 is 12.1 Å². The lowest BCUT2D eigenvalue weighted by Gasteiger charge is -2.34. The van der Waals surface area contributed by atoms with Gasteiger partial charge in [-0.05, 0) is 70.6 Å². The third kappa shape index (κ3) is 4.27. The predicted octanol–water partition coefficient (Wildman–Crippen LogP) is 5.29. The molecule has 2 aromatic heterocycles. The Hall–Kier alpha value is -3.62. The second kappa shape index (κ2) is 9.79. The summed E-state index contributed by atoms with van der Waals surface area (Å²) in [4.78, 5) is 35.3. The van der Waals surface area contributed by atoms with E-state index in [9.17, 15) is 14.7 Å². The molecule has 1 aromatic carbocycles. The van der Waals surface area contributed by atoms with Gasteiger partial charge in [0.05, 0.1) is 29.7 Å². The molecule has 0 bridgehead atoms. The summed E-state index contributed by atoms with van der Waals surface area (Å²) in [7, 11) is 1.40. The minimum Gasteiger partial charge on any atom is -0.481 e. The molecule has 1 aliphatic heterocycles. The minimum absolute atomic E-state index is 0.0293. The Morgan fingerprint density at radius 3 is 2.56 bits per heavy atom. The Morgan fingerprint density at radius 1 is 1.11 bits per heavy atom. The Kier molecular flexibility index (Phi) is 6.55. The van der Waals surface area contributed by atoms with Crippen LogP contribution in [0.3, 0.4) is 0 Å². The van der Waals surface area contributed by atoms with Gasteiger partial charge < -0.3 is 19.1 Å². The number of aliphatic carboxylic acids is 1. The van der Waals surface area contributed by atoms with Gasteiger partial charge in [-0.3, -0.25) is 9.69 Å². The summed E-state index contributed by atoms with van der Waals surface area (Å²) in [6.07, 6.45) is 5.34. The molecule has 36 heavy (non-hydrogen) atoms. The van der Waals surface area contributed by atoms with E-state index in [1.807, 2.05) is 44.2 Å². The molecule has 5 rings (SSSR count). The maximum absolute atomic E-state index is 12.6. The van der Waals surface area contributed by atoms with Crippen LogP contribution in [0.4, 0.5) is 10.5 Å². The number of aromatic nitrogens is 3. The van der Waals surface area contributed by atoms with Crippen LogP contribution in [0.15, 0.2) is 36.5 Å². The zero-order chi connectivity index (χ0) is 25.4. The number of anilines is 1. The van der Waals surface area contributed by atoms with Gasteiger partial charge in [-0.25, -0.2) is 14.8 Å². The Bertz CT molecular complexity index is 1270. The highest BCUT2D eigenvalue weighted by atomic mass is 16.5. The van der Waals surface area contributed by atoms with Crippen LogP contribution in [0.1, 0.15) is 69.5 Å². The molecule has 3 heterocycles. The van der Waals surface area contributed by atoms with E-state index in [1.54, 1.807) is 11.1 Å². The lowest BCUT2D eigenvalue weighted by atomic mass is 9.85. The highest BCUT2D eigenvalue weighted by Crippen LogP contribution is 2.41. The fourth-order valence-corrected chi connectivity index (χ4v) is 5.69. The summed E-state index contributed by atoms with van der Waals surface area (Å²) in [5, 5.41) is 9.49. The van der Waals surface area contributed by atoms with Gasteiger partial charge in [-0.2, -0.15) is 0 Å². The Balaban J connectivity index is 1.60. The van der Waals surface area contributed by atoms with Gasteiger partial charge in [0.25, 0.3) is 0 Å². The molecule has 3 aromatic rings. The van der Waals surface area contributed by atoms with Crippen LogP contribution >= 0.6 is 0 Å². The molecule has 9 heteroatoms. The number of imidazole rings is 1. The predicted molar refractivity (Wildman–Crippen MR) is 134 cm³/mol. The van der Waals surface area contributed by atoms with Crippen molar-refractivity contribution in [3.8, 4) is 5.88 Å². The number of carboxylic acids is 1. The number of ether oxygens (including phenoxy) is 2. The minimum atomic E-state index is -0.720. The number of amides is 1. The van der Waals surface area contributed by atoms with Crippen LogP contribution in [0.25, 0.3) is 11.0 Å². The summed E-state index contributed by atoms with van der Waals surface area (Å²) in [5.74, 6) is 0.281. The number of hydrogen-bond acceptors (Lipinski definition) is 6. The van der Waals surface area contributed by atoms with Crippen molar-refractivity contribution in [3.05, 3.63) is 47.9 Å². The molecule has 9 nitrogen and oxygen atoms in total. The van der Waals surface area contributed by atoms with E-state index >= 15 is 0 Å². The summed E-state index contributed by atoms with van der Waals surface area (Å²) >= 11 is 0. The normalized spacial score (nSPS) is 22.6. The lowest BCUT2D eigenvalue weighted by Crippen LogP contribution is -2.42. The molecule has 190 valence electrons. The van der Waals surface area contributed by atoms with Crippen molar-refractivity contribution >= 4 is 28.8 Å². The smallest absolute Gasteiger partial charge is 0.414 e. The first-order valence-electron chi connectivity index (χ1n) is 12.6. The molecule has 1 fully saturated rings. The zero-order valence-electron chi connectivity index (χ0n) is 20.9. The molecule has 1 saturated carbocycles. The van der Waals surface area contributed by atoms with Crippen molar-refractivity contribution in [1.29, 1.82) is 0 Å². The molecule has 1 aliphatic carbocycles. The fraction of sp³-hybridized carbons (Fsp3) is 0.481. The number of pyridine rings is 1. The number of benzene rings is 1. The van der Waals surface area contributed by atoms with E-state index in [0.717, 1.165) is 53.8 Å². The molecule has 2 aliphatic rings. The van der Waals surface area contributed by atoms with E-state index < -0.39 is 5.97 Å². The second-order valence-corrected chi connectivity index (χ2v) is 9.77. The van der Waals surface area contributed by atoms with Crippen molar-refractivity contribution in [1.82, 2.24) is 14.5 Å². The summed E-state index contributed by atoms with van der Waals surface area (Å²) in [6, 6.07) is 9.70. The monoisotopic (exact) mass is 492 g/mol. The largest absolute Gasteiger partial charge is 0.481 e. The van der Waals surface area contributed by atoms with Crippen LogP contribution in [-0.2, 0) is 16.0 Å². The molecule has 1 amide bonds. The number of rotatable bonds is 5. The highest BCUT2D eigenvalue weighted by molar-refractivity contribution is 5.95. The van der Waals surface area contributed by atoms with Crippen molar-refractivity contribution in [2.75, 3.05) is 12.0 Å². The van der Waals surface area contributed by atoms with Crippen molar-refractivity contribution in [2.24, 2.45) is 5.92 Å². The number of hydrogen-bond donors (Lipinski definition) is 1. The van der Waals surface area contributed by atoms with Crippen LogP contribution in [0.2, 0.25) is 0 Å². The SMILES string of the molecule is COC(=O)N1c2ccc3c(nc([C@H](C)Oc4ccccn4)n3C3CCC(C(=O)O)CC3)c2CCC1C. The van der Waals surface area contributed by atoms with E-state index in [2.05, 4.69) is 9.55 Å². The number of nitrogens with zero attached hydrogens (tertiary/aromatic N) is 4. The van der Waals surface area contributed by atoms with E-state index in [0.29, 0.717) is 18.7 Å². The molecule has 0 saturated heterocycles. The lowest BCUT2D eigenvalue weighted by molar-refractivity contribution is -0.143. The van der Waals surface area contributed by atoms with Crippen molar-refractivity contribution < 1.29 is 24.2 Å². The van der Waals surface area contributed by atoms with Gasteiger partial charge in [0, 0.05) is 29.9 Å². The molecule has 1 unspecified atom stereocenters. The number of carbonyl (C=O) groups excluding carboxylic acids is 1. The van der Waals surface area contributed by atoms with Crippen LogP contribution < -0.4 is 9.64 Å².